The van der Waals surface area contributed by atoms with Crippen LogP contribution in [0.2, 0.25) is 5.02 Å². The number of halogens is 3. The van der Waals surface area contributed by atoms with Crippen LogP contribution in [-0.2, 0) is 10.0 Å². The Morgan fingerprint density at radius 3 is 2.29 bits per heavy atom. The number of carbonyl (C=O) groups excluding carboxylic acids is 1. The van der Waals surface area contributed by atoms with Crippen LogP contribution >= 0.6 is 11.6 Å². The zero-order valence-electron chi connectivity index (χ0n) is 17.5. The van der Waals surface area contributed by atoms with E-state index in [9.17, 15) is 22.0 Å². The predicted octanol–water partition coefficient (Wildman–Crippen LogP) is 4.56. The van der Waals surface area contributed by atoms with Crippen molar-refractivity contribution in [1.29, 1.82) is 0 Å². The third kappa shape index (κ3) is 5.05. The summed E-state index contributed by atoms with van der Waals surface area (Å²) in [5.74, 6) is -2.02. The van der Waals surface area contributed by atoms with E-state index in [0.717, 1.165) is 12.1 Å². The van der Waals surface area contributed by atoms with E-state index >= 15 is 0 Å². The number of sulfonamides is 1. The molecule has 0 aliphatic carbocycles. The smallest absolute Gasteiger partial charge is 0.295 e. The molecule has 1 amide bonds. The molecule has 0 saturated heterocycles. The van der Waals surface area contributed by atoms with Gasteiger partial charge in [-0.25, -0.2) is 26.9 Å². The lowest BCUT2D eigenvalue weighted by molar-refractivity contribution is 0.101. The number of hydrogen-bond acceptors (Lipinski definition) is 5. The van der Waals surface area contributed by atoms with Gasteiger partial charge in [-0.2, -0.15) is 0 Å². The van der Waals surface area contributed by atoms with Gasteiger partial charge in [-0.1, -0.05) is 11.6 Å². The maximum atomic E-state index is 14.4. The van der Waals surface area contributed by atoms with Crippen LogP contribution in [0.25, 0.3) is 5.69 Å². The molecule has 2 N–H and O–H groups in total. The van der Waals surface area contributed by atoms with E-state index in [1.807, 2.05) is 0 Å². The standard InChI is InChI=1S/C22H16ClF2N5O3S/c1-13-26-21(28-30(13)18-9-4-15(24)5-10-18)22(31)27-17-8-11-19(25)20(12-17)34(32,33)29-16-6-2-14(23)3-7-16/h2-12,29H,1H3,(H,27,31). The minimum Gasteiger partial charge on any atom is -0.319 e. The van der Waals surface area contributed by atoms with Crippen LogP contribution in [0.3, 0.4) is 0 Å². The van der Waals surface area contributed by atoms with Crippen molar-refractivity contribution in [1.82, 2.24) is 14.8 Å². The van der Waals surface area contributed by atoms with E-state index in [0.29, 0.717) is 16.5 Å². The Balaban J connectivity index is 1.56. The maximum absolute atomic E-state index is 14.4. The summed E-state index contributed by atoms with van der Waals surface area (Å²) in [7, 11) is -4.31. The van der Waals surface area contributed by atoms with Gasteiger partial charge in [-0.05, 0) is 73.7 Å². The second-order valence-corrected chi connectivity index (χ2v) is 9.17. The lowest BCUT2D eigenvalue weighted by atomic mass is 10.3. The highest BCUT2D eigenvalue weighted by Gasteiger charge is 2.22. The van der Waals surface area contributed by atoms with Crippen molar-refractivity contribution in [3.63, 3.8) is 0 Å². The molecule has 0 bridgehead atoms. The van der Waals surface area contributed by atoms with E-state index in [2.05, 4.69) is 20.1 Å². The van der Waals surface area contributed by atoms with Gasteiger partial charge in [0.2, 0.25) is 5.82 Å². The lowest BCUT2D eigenvalue weighted by Gasteiger charge is -2.11. The van der Waals surface area contributed by atoms with Crippen LogP contribution in [0.1, 0.15) is 16.4 Å². The van der Waals surface area contributed by atoms with Crippen LogP contribution in [-0.4, -0.2) is 29.1 Å². The third-order valence-electron chi connectivity index (χ3n) is 4.62. The minimum absolute atomic E-state index is 0.0127. The van der Waals surface area contributed by atoms with Gasteiger partial charge in [0.05, 0.1) is 5.69 Å². The Kier molecular flexibility index (Phi) is 6.31. The van der Waals surface area contributed by atoms with Gasteiger partial charge < -0.3 is 5.32 Å². The first-order valence-electron chi connectivity index (χ1n) is 9.71. The number of rotatable bonds is 6. The summed E-state index contributed by atoms with van der Waals surface area (Å²) in [5, 5.41) is 6.98. The van der Waals surface area contributed by atoms with Crippen LogP contribution in [0.4, 0.5) is 20.2 Å². The highest BCUT2D eigenvalue weighted by molar-refractivity contribution is 7.92. The summed E-state index contributed by atoms with van der Waals surface area (Å²) >= 11 is 5.79. The molecule has 0 aliphatic rings. The summed E-state index contributed by atoms with van der Waals surface area (Å²) in [4.78, 5) is 16.1. The van der Waals surface area contributed by atoms with Crippen molar-refractivity contribution < 1.29 is 22.0 Å². The summed E-state index contributed by atoms with van der Waals surface area (Å²) in [6, 6.07) is 14.4. The normalized spacial score (nSPS) is 11.3. The maximum Gasteiger partial charge on any atom is 0.295 e. The fraction of sp³-hybridized carbons (Fsp3) is 0.0455. The van der Waals surface area contributed by atoms with Gasteiger partial charge in [0.1, 0.15) is 22.4 Å². The molecule has 0 aliphatic heterocycles. The SMILES string of the molecule is Cc1nc(C(=O)Nc2ccc(F)c(S(=O)(=O)Nc3ccc(Cl)cc3)c2)nn1-c1ccc(F)cc1. The Bertz CT molecular complexity index is 1470. The number of aromatic nitrogens is 3. The van der Waals surface area contributed by atoms with E-state index in [-0.39, 0.29) is 17.2 Å². The van der Waals surface area contributed by atoms with Gasteiger partial charge in [-0.15, -0.1) is 5.10 Å². The van der Waals surface area contributed by atoms with Gasteiger partial charge in [0, 0.05) is 16.4 Å². The van der Waals surface area contributed by atoms with Crippen molar-refractivity contribution in [2.24, 2.45) is 0 Å². The van der Waals surface area contributed by atoms with Crippen molar-refractivity contribution in [3.8, 4) is 5.69 Å². The molecular formula is C22H16ClF2N5O3S. The molecule has 0 unspecified atom stereocenters. The molecule has 12 heteroatoms. The highest BCUT2D eigenvalue weighted by atomic mass is 35.5. The zero-order chi connectivity index (χ0) is 24.5. The summed E-state index contributed by atoms with van der Waals surface area (Å²) in [6.07, 6.45) is 0. The number of nitrogens with one attached hydrogen (secondary N) is 2. The molecule has 1 aromatic heterocycles. The molecular weight excluding hydrogens is 488 g/mol. The van der Waals surface area contributed by atoms with Crippen LogP contribution in [0.5, 0.6) is 0 Å². The number of hydrogen-bond donors (Lipinski definition) is 2. The Labute approximate surface area is 198 Å². The fourth-order valence-corrected chi connectivity index (χ4v) is 4.30. The molecule has 8 nitrogen and oxygen atoms in total. The average molecular weight is 504 g/mol. The number of amides is 1. The molecule has 0 spiro atoms. The third-order valence-corrected chi connectivity index (χ3v) is 6.27. The second kappa shape index (κ2) is 9.20. The largest absolute Gasteiger partial charge is 0.319 e. The van der Waals surface area contributed by atoms with Gasteiger partial charge in [0.25, 0.3) is 15.9 Å². The zero-order valence-corrected chi connectivity index (χ0v) is 19.0. The minimum atomic E-state index is -4.31. The molecule has 3 aromatic carbocycles. The molecule has 0 fully saturated rings. The molecule has 1 heterocycles. The van der Waals surface area contributed by atoms with Crippen molar-refractivity contribution in [3.05, 3.63) is 95.0 Å². The molecule has 0 atom stereocenters. The van der Waals surface area contributed by atoms with E-state index in [1.54, 1.807) is 6.92 Å². The van der Waals surface area contributed by atoms with Gasteiger partial charge in [0.15, 0.2) is 0 Å². The molecule has 4 aromatic rings. The topological polar surface area (TPSA) is 106 Å². The predicted molar refractivity (Wildman–Crippen MR) is 123 cm³/mol. The van der Waals surface area contributed by atoms with E-state index < -0.39 is 32.5 Å². The van der Waals surface area contributed by atoms with E-state index in [4.69, 9.17) is 11.6 Å². The summed E-state index contributed by atoms with van der Waals surface area (Å²) < 4.78 is 56.5. The molecule has 34 heavy (non-hydrogen) atoms. The Hall–Kier alpha value is -3.83. The van der Waals surface area contributed by atoms with Crippen molar-refractivity contribution >= 4 is 38.9 Å². The second-order valence-electron chi connectivity index (χ2n) is 7.08. The Morgan fingerprint density at radius 2 is 1.62 bits per heavy atom. The molecule has 0 radical (unpaired) electrons. The monoisotopic (exact) mass is 503 g/mol. The summed E-state index contributed by atoms with van der Waals surface area (Å²) in [6.45, 7) is 1.61. The average Bonchev–Trinajstić information content (AvgIpc) is 3.19. The quantitative estimate of drug-likeness (QED) is 0.401. The highest BCUT2D eigenvalue weighted by Crippen LogP contribution is 2.24. The Morgan fingerprint density at radius 1 is 0.971 bits per heavy atom. The lowest BCUT2D eigenvalue weighted by Crippen LogP contribution is -2.17. The van der Waals surface area contributed by atoms with Crippen LogP contribution in [0, 0.1) is 18.6 Å². The van der Waals surface area contributed by atoms with Crippen LogP contribution in [0.15, 0.2) is 71.6 Å². The number of carbonyl (C=O) groups is 1. The number of nitrogens with zero attached hydrogens (tertiary/aromatic N) is 3. The van der Waals surface area contributed by atoms with Gasteiger partial charge >= 0.3 is 0 Å². The summed E-state index contributed by atoms with van der Waals surface area (Å²) in [5.41, 5.74) is 0.691. The molecule has 4 rings (SSSR count). The molecule has 174 valence electrons. The first-order chi connectivity index (χ1) is 16.1. The fourth-order valence-electron chi connectivity index (χ4n) is 3.02. The molecule has 0 saturated carbocycles. The van der Waals surface area contributed by atoms with Crippen molar-refractivity contribution in [2.75, 3.05) is 10.0 Å². The first-order valence-corrected chi connectivity index (χ1v) is 11.6. The van der Waals surface area contributed by atoms with E-state index in [1.165, 1.54) is 59.3 Å². The van der Waals surface area contributed by atoms with Crippen LogP contribution < -0.4 is 10.0 Å². The number of benzene rings is 3. The van der Waals surface area contributed by atoms with Gasteiger partial charge in [-0.3, -0.25) is 9.52 Å². The first kappa shape index (κ1) is 23.3. The number of aryl methyl sites for hydroxylation is 1. The number of anilines is 2. The van der Waals surface area contributed by atoms with Crippen molar-refractivity contribution in [2.45, 2.75) is 11.8 Å².